The van der Waals surface area contributed by atoms with Crippen molar-refractivity contribution in [1.29, 1.82) is 0 Å². The van der Waals surface area contributed by atoms with Gasteiger partial charge < -0.3 is 9.47 Å². The number of nitrogens with zero attached hydrogens (tertiary/aromatic N) is 3. The molecule has 2 amide bonds. The first-order chi connectivity index (χ1) is 13.6. The van der Waals surface area contributed by atoms with Gasteiger partial charge >= 0.3 is 0 Å². The van der Waals surface area contributed by atoms with Crippen LogP contribution in [0, 0.1) is 0 Å². The van der Waals surface area contributed by atoms with Crippen LogP contribution in [0.4, 0.5) is 0 Å². The SMILES string of the molecule is CCN(CC)C(=O)Cn1cc(/C=N\NC(=O)Cc2cccs2)c2ccccc21. The first-order valence-corrected chi connectivity index (χ1v) is 10.2. The molecule has 0 bridgehead atoms. The average Bonchev–Trinajstić information content (AvgIpc) is 3.31. The largest absolute Gasteiger partial charge is 0.342 e. The van der Waals surface area contributed by atoms with Gasteiger partial charge in [0.15, 0.2) is 0 Å². The number of rotatable bonds is 8. The van der Waals surface area contributed by atoms with Crippen LogP contribution in [-0.2, 0) is 22.6 Å². The Labute approximate surface area is 168 Å². The lowest BCUT2D eigenvalue weighted by Gasteiger charge is -2.19. The van der Waals surface area contributed by atoms with Gasteiger partial charge in [0, 0.05) is 40.6 Å². The Morgan fingerprint density at radius 1 is 1.18 bits per heavy atom. The molecule has 7 heteroatoms. The van der Waals surface area contributed by atoms with Crippen LogP contribution in [0.2, 0.25) is 0 Å². The van der Waals surface area contributed by atoms with Crippen molar-refractivity contribution in [2.24, 2.45) is 5.10 Å². The highest BCUT2D eigenvalue weighted by atomic mass is 32.1. The number of amides is 2. The molecule has 146 valence electrons. The maximum Gasteiger partial charge on any atom is 0.245 e. The van der Waals surface area contributed by atoms with Crippen molar-refractivity contribution < 1.29 is 9.59 Å². The quantitative estimate of drug-likeness (QED) is 0.469. The standard InChI is InChI=1S/C21H24N4O2S/c1-3-24(4-2)21(27)15-25-14-16(18-9-5-6-10-19(18)25)13-22-23-20(26)12-17-8-7-11-28-17/h5-11,13-14H,3-4,12,15H2,1-2H3,(H,23,26)/b22-13-. The molecule has 0 aliphatic rings. The highest BCUT2D eigenvalue weighted by molar-refractivity contribution is 7.10. The van der Waals surface area contributed by atoms with E-state index >= 15 is 0 Å². The highest BCUT2D eigenvalue weighted by Gasteiger charge is 2.13. The Hall–Kier alpha value is -2.93. The van der Waals surface area contributed by atoms with E-state index in [2.05, 4.69) is 10.5 Å². The monoisotopic (exact) mass is 396 g/mol. The molecule has 3 rings (SSSR count). The van der Waals surface area contributed by atoms with Gasteiger partial charge in [-0.2, -0.15) is 5.10 Å². The van der Waals surface area contributed by atoms with E-state index < -0.39 is 0 Å². The second-order valence-corrected chi connectivity index (χ2v) is 7.38. The third kappa shape index (κ3) is 4.67. The van der Waals surface area contributed by atoms with Gasteiger partial charge in [0.2, 0.25) is 11.8 Å². The number of hydrazone groups is 1. The lowest BCUT2D eigenvalue weighted by Crippen LogP contribution is -2.33. The second kappa shape index (κ2) is 9.32. The van der Waals surface area contributed by atoms with Crippen LogP contribution in [0.5, 0.6) is 0 Å². The summed E-state index contributed by atoms with van der Waals surface area (Å²) < 4.78 is 1.94. The number of fused-ring (bicyclic) bond motifs is 1. The van der Waals surface area contributed by atoms with E-state index in [4.69, 9.17) is 0 Å². The van der Waals surface area contributed by atoms with Crippen molar-refractivity contribution >= 4 is 40.3 Å². The Morgan fingerprint density at radius 2 is 1.96 bits per heavy atom. The summed E-state index contributed by atoms with van der Waals surface area (Å²) in [6.07, 6.45) is 3.85. The van der Waals surface area contributed by atoms with Crippen molar-refractivity contribution in [2.45, 2.75) is 26.8 Å². The molecule has 0 saturated heterocycles. The van der Waals surface area contributed by atoms with Gasteiger partial charge in [-0.25, -0.2) is 5.43 Å². The molecule has 0 radical (unpaired) electrons. The number of para-hydroxylation sites is 1. The Kier molecular flexibility index (Phi) is 6.60. The molecule has 2 aromatic heterocycles. The molecule has 0 unspecified atom stereocenters. The topological polar surface area (TPSA) is 66.7 Å². The van der Waals surface area contributed by atoms with Crippen LogP contribution in [0.25, 0.3) is 10.9 Å². The van der Waals surface area contributed by atoms with Crippen molar-refractivity contribution in [2.75, 3.05) is 13.1 Å². The molecule has 0 saturated carbocycles. The fourth-order valence-electron chi connectivity index (χ4n) is 3.12. The van der Waals surface area contributed by atoms with E-state index in [0.29, 0.717) is 19.5 Å². The van der Waals surface area contributed by atoms with Crippen LogP contribution < -0.4 is 5.43 Å². The van der Waals surface area contributed by atoms with Crippen LogP contribution in [0.1, 0.15) is 24.3 Å². The number of likely N-dealkylation sites (N-methyl/N-ethyl adjacent to an activating group) is 1. The lowest BCUT2D eigenvalue weighted by molar-refractivity contribution is -0.131. The third-order valence-electron chi connectivity index (χ3n) is 4.55. The van der Waals surface area contributed by atoms with Crippen molar-refractivity contribution in [1.82, 2.24) is 14.9 Å². The number of hydrogen-bond donors (Lipinski definition) is 1. The number of hydrogen-bond acceptors (Lipinski definition) is 4. The first-order valence-electron chi connectivity index (χ1n) is 9.32. The van der Waals surface area contributed by atoms with Crippen molar-refractivity contribution in [3.05, 3.63) is 58.4 Å². The number of thiophene rings is 1. The Morgan fingerprint density at radius 3 is 2.68 bits per heavy atom. The van der Waals surface area contributed by atoms with Gasteiger partial charge in [0.25, 0.3) is 0 Å². The summed E-state index contributed by atoms with van der Waals surface area (Å²) in [6.45, 7) is 5.62. The molecule has 2 heterocycles. The van der Waals surface area contributed by atoms with Crippen LogP contribution in [0.15, 0.2) is 53.1 Å². The summed E-state index contributed by atoms with van der Waals surface area (Å²) in [4.78, 5) is 27.3. The molecule has 0 aliphatic carbocycles. The molecule has 6 nitrogen and oxygen atoms in total. The maximum atomic E-state index is 12.5. The van der Waals surface area contributed by atoms with E-state index in [1.165, 1.54) is 0 Å². The highest BCUT2D eigenvalue weighted by Crippen LogP contribution is 2.20. The summed E-state index contributed by atoms with van der Waals surface area (Å²) in [5, 5.41) is 7.04. The van der Waals surface area contributed by atoms with Gasteiger partial charge in [-0.15, -0.1) is 11.3 Å². The zero-order valence-corrected chi connectivity index (χ0v) is 16.9. The minimum Gasteiger partial charge on any atom is -0.342 e. The lowest BCUT2D eigenvalue weighted by atomic mass is 10.2. The minimum atomic E-state index is -0.154. The molecule has 1 N–H and O–H groups in total. The van der Waals surface area contributed by atoms with Gasteiger partial charge in [-0.1, -0.05) is 24.3 Å². The summed E-state index contributed by atoms with van der Waals surface area (Å²) in [5.74, 6) is -0.0716. The van der Waals surface area contributed by atoms with Crippen molar-refractivity contribution in [3.8, 4) is 0 Å². The summed E-state index contributed by atoms with van der Waals surface area (Å²) in [6, 6.07) is 11.7. The first kappa shape index (κ1) is 19.8. The van der Waals surface area contributed by atoms with Crippen LogP contribution in [0.3, 0.4) is 0 Å². The van der Waals surface area contributed by atoms with Gasteiger partial charge in [-0.3, -0.25) is 9.59 Å². The fraction of sp³-hybridized carbons (Fsp3) is 0.286. The predicted octanol–water partition coefficient (Wildman–Crippen LogP) is 3.26. The Bertz CT molecular complexity index is 972. The molecular weight excluding hydrogens is 372 g/mol. The predicted molar refractivity (Wildman–Crippen MR) is 114 cm³/mol. The fourth-order valence-corrected chi connectivity index (χ4v) is 3.82. The third-order valence-corrected chi connectivity index (χ3v) is 5.43. The van der Waals surface area contributed by atoms with Crippen molar-refractivity contribution in [3.63, 3.8) is 0 Å². The molecular formula is C21H24N4O2S. The zero-order chi connectivity index (χ0) is 19.9. The van der Waals surface area contributed by atoms with E-state index in [1.807, 2.05) is 71.3 Å². The van der Waals surface area contributed by atoms with E-state index in [0.717, 1.165) is 21.3 Å². The van der Waals surface area contributed by atoms with Gasteiger partial charge in [0.05, 0.1) is 12.6 Å². The summed E-state index contributed by atoms with van der Waals surface area (Å²) in [7, 11) is 0. The molecule has 0 aliphatic heterocycles. The second-order valence-electron chi connectivity index (χ2n) is 6.34. The maximum absolute atomic E-state index is 12.5. The van der Waals surface area contributed by atoms with Gasteiger partial charge in [0.1, 0.15) is 6.54 Å². The summed E-state index contributed by atoms with van der Waals surface area (Å²) in [5.41, 5.74) is 4.40. The average molecular weight is 397 g/mol. The number of carbonyl (C=O) groups is 2. The van der Waals surface area contributed by atoms with E-state index in [1.54, 1.807) is 17.6 Å². The molecule has 28 heavy (non-hydrogen) atoms. The minimum absolute atomic E-state index is 0.0819. The normalized spacial score (nSPS) is 11.2. The summed E-state index contributed by atoms with van der Waals surface area (Å²) >= 11 is 1.55. The van der Waals surface area contributed by atoms with Crippen LogP contribution >= 0.6 is 11.3 Å². The number of benzene rings is 1. The zero-order valence-electron chi connectivity index (χ0n) is 16.1. The molecule has 3 aromatic rings. The Balaban J connectivity index is 1.74. The smallest absolute Gasteiger partial charge is 0.245 e. The van der Waals surface area contributed by atoms with Crippen LogP contribution in [-0.4, -0.2) is 40.6 Å². The molecule has 0 atom stereocenters. The number of nitrogens with one attached hydrogen (secondary N) is 1. The van der Waals surface area contributed by atoms with E-state index in [-0.39, 0.29) is 18.4 Å². The number of aromatic nitrogens is 1. The van der Waals surface area contributed by atoms with E-state index in [9.17, 15) is 9.59 Å². The number of carbonyl (C=O) groups excluding carboxylic acids is 2. The molecule has 0 spiro atoms. The molecule has 0 fully saturated rings. The molecule has 1 aromatic carbocycles. The van der Waals surface area contributed by atoms with Gasteiger partial charge in [-0.05, 0) is 31.4 Å².